The van der Waals surface area contributed by atoms with Gasteiger partial charge >= 0.3 is 0 Å². The zero-order chi connectivity index (χ0) is 16.8. The highest BCUT2D eigenvalue weighted by Crippen LogP contribution is 2.44. The molecule has 1 spiro atoms. The van der Waals surface area contributed by atoms with Gasteiger partial charge in [0.2, 0.25) is 0 Å². The standard InChI is InChI=1S/C19H21NO3S/c1-2-24(21,22)17-9-7-16(8-10-17)20-12-11-19(14-20)18-6-4-3-5-15(18)13-23-19/h3-10H,2,11-14H2,1H3/t19-/m1/s1. The van der Waals surface area contributed by atoms with Crippen LogP contribution in [0, 0.1) is 0 Å². The third-order valence-electron chi connectivity index (χ3n) is 5.19. The van der Waals surface area contributed by atoms with Gasteiger partial charge in [-0.2, -0.15) is 0 Å². The van der Waals surface area contributed by atoms with Gasteiger partial charge in [-0.3, -0.25) is 0 Å². The van der Waals surface area contributed by atoms with Gasteiger partial charge in [-0.25, -0.2) is 8.42 Å². The van der Waals surface area contributed by atoms with Crippen LogP contribution in [0.2, 0.25) is 0 Å². The lowest BCUT2D eigenvalue weighted by molar-refractivity contribution is -0.0205. The maximum absolute atomic E-state index is 11.9. The van der Waals surface area contributed by atoms with Crippen LogP contribution in [0.4, 0.5) is 5.69 Å². The molecule has 1 atom stereocenters. The smallest absolute Gasteiger partial charge is 0.178 e. The molecule has 2 heterocycles. The molecule has 126 valence electrons. The minimum Gasteiger partial charge on any atom is -0.368 e. The summed E-state index contributed by atoms with van der Waals surface area (Å²) in [5.41, 5.74) is 3.42. The average Bonchev–Trinajstić information content (AvgIpc) is 3.21. The number of anilines is 1. The quantitative estimate of drug-likeness (QED) is 0.859. The largest absolute Gasteiger partial charge is 0.368 e. The molecule has 1 fully saturated rings. The van der Waals surface area contributed by atoms with Crippen molar-refractivity contribution in [3.8, 4) is 0 Å². The summed E-state index contributed by atoms with van der Waals surface area (Å²) in [5.74, 6) is 0.129. The Kier molecular flexibility index (Phi) is 3.66. The van der Waals surface area contributed by atoms with Crippen LogP contribution in [0.5, 0.6) is 0 Å². The molecule has 2 aliphatic heterocycles. The monoisotopic (exact) mass is 343 g/mol. The second-order valence-corrected chi connectivity index (χ2v) is 8.79. The summed E-state index contributed by atoms with van der Waals surface area (Å²) in [5, 5.41) is 0. The van der Waals surface area contributed by atoms with E-state index in [1.807, 2.05) is 12.1 Å². The summed E-state index contributed by atoms with van der Waals surface area (Å²) < 4.78 is 30.1. The van der Waals surface area contributed by atoms with E-state index in [1.165, 1.54) is 11.1 Å². The average molecular weight is 343 g/mol. The molecular weight excluding hydrogens is 322 g/mol. The van der Waals surface area contributed by atoms with E-state index in [-0.39, 0.29) is 11.4 Å². The lowest BCUT2D eigenvalue weighted by Crippen LogP contribution is -2.30. The number of sulfone groups is 1. The fourth-order valence-corrected chi connectivity index (χ4v) is 4.64. The molecule has 0 radical (unpaired) electrons. The van der Waals surface area contributed by atoms with Gasteiger partial charge in [0.15, 0.2) is 9.84 Å². The van der Waals surface area contributed by atoms with Gasteiger partial charge in [0.1, 0.15) is 5.60 Å². The second kappa shape index (κ2) is 5.60. The number of rotatable bonds is 3. The zero-order valence-corrected chi connectivity index (χ0v) is 14.6. The lowest BCUT2D eigenvalue weighted by atomic mass is 9.92. The molecule has 2 aromatic rings. The van der Waals surface area contributed by atoms with E-state index < -0.39 is 9.84 Å². The highest BCUT2D eigenvalue weighted by molar-refractivity contribution is 7.91. The lowest BCUT2D eigenvalue weighted by Gasteiger charge is -2.25. The number of ether oxygens (including phenoxy) is 1. The Morgan fingerprint density at radius 2 is 1.88 bits per heavy atom. The first-order chi connectivity index (χ1) is 11.5. The first-order valence-corrected chi connectivity index (χ1v) is 9.99. The summed E-state index contributed by atoms with van der Waals surface area (Å²) >= 11 is 0. The molecule has 0 amide bonds. The number of nitrogens with zero attached hydrogens (tertiary/aromatic N) is 1. The highest BCUT2D eigenvalue weighted by atomic mass is 32.2. The summed E-state index contributed by atoms with van der Waals surface area (Å²) in [6.45, 7) is 4.07. The Morgan fingerprint density at radius 3 is 2.62 bits per heavy atom. The third-order valence-corrected chi connectivity index (χ3v) is 6.94. The van der Waals surface area contributed by atoms with Crippen molar-refractivity contribution in [2.24, 2.45) is 0 Å². The summed E-state index contributed by atoms with van der Waals surface area (Å²) in [4.78, 5) is 2.68. The van der Waals surface area contributed by atoms with Crippen molar-refractivity contribution in [3.05, 3.63) is 59.7 Å². The highest BCUT2D eigenvalue weighted by Gasteiger charge is 2.45. The van der Waals surface area contributed by atoms with E-state index in [9.17, 15) is 8.42 Å². The number of fused-ring (bicyclic) bond motifs is 2. The zero-order valence-electron chi connectivity index (χ0n) is 13.7. The van der Waals surface area contributed by atoms with Crippen molar-refractivity contribution in [2.45, 2.75) is 30.4 Å². The minimum atomic E-state index is -3.14. The Balaban J connectivity index is 1.58. The molecule has 0 saturated carbocycles. The molecule has 0 unspecified atom stereocenters. The molecule has 2 aromatic carbocycles. The number of hydrogen-bond donors (Lipinski definition) is 0. The Labute approximate surface area is 143 Å². The summed E-state index contributed by atoms with van der Waals surface area (Å²) in [6, 6.07) is 15.7. The first kappa shape index (κ1) is 15.7. The molecule has 24 heavy (non-hydrogen) atoms. The van der Waals surface area contributed by atoms with Crippen LogP contribution in [-0.4, -0.2) is 27.3 Å². The molecule has 5 heteroatoms. The first-order valence-electron chi connectivity index (χ1n) is 8.34. The van der Waals surface area contributed by atoms with Crippen LogP contribution >= 0.6 is 0 Å². The Bertz CT molecular complexity index is 860. The van der Waals surface area contributed by atoms with Crippen LogP contribution in [0.25, 0.3) is 0 Å². The molecule has 0 N–H and O–H groups in total. The van der Waals surface area contributed by atoms with Gasteiger partial charge in [0.05, 0.1) is 23.8 Å². The molecule has 0 bridgehead atoms. The van der Waals surface area contributed by atoms with Crippen molar-refractivity contribution in [3.63, 3.8) is 0 Å². The molecule has 0 aromatic heterocycles. The van der Waals surface area contributed by atoms with Crippen LogP contribution in [0.15, 0.2) is 53.4 Å². The maximum Gasteiger partial charge on any atom is 0.178 e. The molecule has 4 nitrogen and oxygen atoms in total. The van der Waals surface area contributed by atoms with Crippen molar-refractivity contribution in [1.82, 2.24) is 0 Å². The van der Waals surface area contributed by atoms with Crippen LogP contribution < -0.4 is 4.90 Å². The van der Waals surface area contributed by atoms with Crippen molar-refractivity contribution >= 4 is 15.5 Å². The molecule has 1 saturated heterocycles. The minimum absolute atomic E-state index is 0.129. The van der Waals surface area contributed by atoms with Gasteiger partial charge < -0.3 is 9.64 Å². The summed E-state index contributed by atoms with van der Waals surface area (Å²) in [6.07, 6.45) is 0.957. The molecular formula is C19H21NO3S. The maximum atomic E-state index is 11.9. The molecule has 0 aliphatic carbocycles. The Morgan fingerprint density at radius 1 is 1.12 bits per heavy atom. The van der Waals surface area contributed by atoms with E-state index in [4.69, 9.17) is 4.74 Å². The van der Waals surface area contributed by atoms with Gasteiger partial charge in [-0.05, 0) is 41.8 Å². The van der Waals surface area contributed by atoms with Gasteiger partial charge in [-0.15, -0.1) is 0 Å². The third kappa shape index (κ3) is 2.43. The SMILES string of the molecule is CCS(=O)(=O)c1ccc(N2CC[C@]3(C2)OCc2ccccc23)cc1. The van der Waals surface area contributed by atoms with Crippen LogP contribution in [0.3, 0.4) is 0 Å². The van der Waals surface area contributed by atoms with E-state index >= 15 is 0 Å². The molecule has 2 aliphatic rings. The van der Waals surface area contributed by atoms with Gasteiger partial charge in [0.25, 0.3) is 0 Å². The predicted molar refractivity (Wildman–Crippen MR) is 93.9 cm³/mol. The van der Waals surface area contributed by atoms with Crippen molar-refractivity contribution < 1.29 is 13.2 Å². The number of hydrogen-bond acceptors (Lipinski definition) is 4. The normalized spacial score (nSPS) is 23.0. The Hall–Kier alpha value is -1.85. The van der Waals surface area contributed by atoms with Gasteiger partial charge in [-0.1, -0.05) is 31.2 Å². The second-order valence-electron chi connectivity index (χ2n) is 6.51. The predicted octanol–water partition coefficient (Wildman–Crippen LogP) is 3.12. The van der Waals surface area contributed by atoms with E-state index in [0.717, 1.165) is 25.2 Å². The van der Waals surface area contributed by atoms with E-state index in [0.29, 0.717) is 11.5 Å². The van der Waals surface area contributed by atoms with Crippen molar-refractivity contribution in [2.75, 3.05) is 23.7 Å². The number of benzene rings is 2. The molecule has 4 rings (SSSR count). The summed E-state index contributed by atoms with van der Waals surface area (Å²) in [7, 11) is -3.14. The van der Waals surface area contributed by atoms with Crippen LogP contribution in [-0.2, 0) is 26.8 Å². The van der Waals surface area contributed by atoms with E-state index in [2.05, 4.69) is 29.2 Å². The fourth-order valence-electron chi connectivity index (χ4n) is 3.76. The van der Waals surface area contributed by atoms with Crippen LogP contribution in [0.1, 0.15) is 24.5 Å². The topological polar surface area (TPSA) is 46.6 Å². The van der Waals surface area contributed by atoms with Crippen molar-refractivity contribution in [1.29, 1.82) is 0 Å². The van der Waals surface area contributed by atoms with Gasteiger partial charge in [0, 0.05) is 12.2 Å². The fraction of sp³-hybridized carbons (Fsp3) is 0.368. The van der Waals surface area contributed by atoms with E-state index in [1.54, 1.807) is 19.1 Å².